The van der Waals surface area contributed by atoms with E-state index in [-0.39, 0.29) is 0 Å². The fourth-order valence-corrected chi connectivity index (χ4v) is 3.54. The summed E-state index contributed by atoms with van der Waals surface area (Å²) in [7, 11) is 1.71. The zero-order valence-corrected chi connectivity index (χ0v) is 14.3. The lowest BCUT2D eigenvalue weighted by atomic mass is 9.82. The van der Waals surface area contributed by atoms with Gasteiger partial charge >= 0.3 is 0 Å². The molecule has 21 heavy (non-hydrogen) atoms. The summed E-state index contributed by atoms with van der Waals surface area (Å²) in [5.74, 6) is 1.37. The maximum atomic E-state index is 6.01. The summed E-state index contributed by atoms with van der Waals surface area (Å²) in [6, 6.07) is 14.3. The van der Waals surface area contributed by atoms with Crippen LogP contribution < -0.4 is 4.74 Å². The number of fused-ring (bicyclic) bond motifs is 1. The Hall–Kier alpha value is -1.25. The minimum Gasteiger partial charge on any atom is -0.497 e. The van der Waals surface area contributed by atoms with E-state index in [1.54, 1.807) is 7.11 Å². The molecule has 1 nitrogen and oxygen atoms in total. The van der Waals surface area contributed by atoms with Crippen LogP contribution in [0.15, 0.2) is 46.9 Å². The lowest BCUT2D eigenvalue weighted by Gasteiger charge is -2.26. The molecule has 0 spiro atoms. The van der Waals surface area contributed by atoms with E-state index in [9.17, 15) is 0 Å². The molecule has 108 valence electrons. The Bertz CT molecular complexity index is 704. The molecular formula is C18H16BrClO. The van der Waals surface area contributed by atoms with Gasteiger partial charge in [-0.25, -0.2) is 0 Å². The molecule has 1 aliphatic rings. The molecule has 3 heteroatoms. The minimum absolute atomic E-state index is 0.454. The van der Waals surface area contributed by atoms with Crippen LogP contribution in [0.3, 0.4) is 0 Å². The summed E-state index contributed by atoms with van der Waals surface area (Å²) >= 11 is 9.81. The molecule has 0 N–H and O–H groups in total. The zero-order chi connectivity index (χ0) is 15.0. The Labute approximate surface area is 138 Å². The molecule has 0 fully saturated rings. The smallest absolute Gasteiger partial charge is 0.119 e. The van der Waals surface area contributed by atoms with Gasteiger partial charge in [0.1, 0.15) is 5.75 Å². The monoisotopic (exact) mass is 362 g/mol. The van der Waals surface area contributed by atoms with Gasteiger partial charge in [0, 0.05) is 9.51 Å². The minimum atomic E-state index is 0.454. The Morgan fingerprint density at radius 2 is 1.86 bits per heavy atom. The molecule has 0 aromatic heterocycles. The van der Waals surface area contributed by atoms with Gasteiger partial charge in [-0.1, -0.05) is 52.7 Å². The largest absolute Gasteiger partial charge is 0.497 e. The number of allylic oxidation sites excluding steroid dienone is 1. The number of halogens is 2. The van der Waals surface area contributed by atoms with Crippen LogP contribution in [0.1, 0.15) is 23.6 Å². The molecule has 0 saturated carbocycles. The van der Waals surface area contributed by atoms with Gasteiger partial charge in [-0.05, 0) is 58.9 Å². The van der Waals surface area contributed by atoms with Gasteiger partial charge in [-0.3, -0.25) is 0 Å². The van der Waals surface area contributed by atoms with Gasteiger partial charge in [0.25, 0.3) is 0 Å². The van der Waals surface area contributed by atoms with E-state index in [1.807, 2.05) is 18.2 Å². The van der Waals surface area contributed by atoms with Crippen molar-refractivity contribution in [3.8, 4) is 5.75 Å². The summed E-state index contributed by atoms with van der Waals surface area (Å²) in [6.45, 7) is 2.24. The highest BCUT2D eigenvalue weighted by atomic mass is 79.9. The van der Waals surface area contributed by atoms with Crippen LogP contribution in [-0.4, -0.2) is 7.11 Å². The summed E-state index contributed by atoms with van der Waals surface area (Å²) < 4.78 is 6.61. The highest BCUT2D eigenvalue weighted by Gasteiger charge is 2.24. The van der Waals surface area contributed by atoms with Crippen LogP contribution in [0, 0.1) is 5.92 Å². The Kier molecular flexibility index (Phi) is 4.10. The van der Waals surface area contributed by atoms with Crippen LogP contribution >= 0.6 is 27.5 Å². The number of ether oxygens (including phenoxy) is 1. The third kappa shape index (κ3) is 2.75. The van der Waals surface area contributed by atoms with Crippen molar-refractivity contribution in [2.24, 2.45) is 5.92 Å². The summed E-state index contributed by atoms with van der Waals surface area (Å²) in [4.78, 5) is 0. The predicted octanol–water partition coefficient (Wildman–Crippen LogP) is 5.70. The second-order valence-electron chi connectivity index (χ2n) is 5.36. The average molecular weight is 364 g/mol. The molecule has 3 rings (SSSR count). The molecule has 2 aromatic rings. The van der Waals surface area contributed by atoms with Crippen LogP contribution in [0.25, 0.3) is 5.57 Å². The van der Waals surface area contributed by atoms with Crippen LogP contribution in [0.5, 0.6) is 5.75 Å². The number of benzene rings is 2. The van der Waals surface area contributed by atoms with E-state index in [2.05, 4.69) is 47.1 Å². The highest BCUT2D eigenvalue weighted by molar-refractivity contribution is 9.11. The van der Waals surface area contributed by atoms with E-state index < -0.39 is 0 Å². The van der Waals surface area contributed by atoms with Crippen molar-refractivity contribution in [1.29, 1.82) is 0 Å². The van der Waals surface area contributed by atoms with Crippen molar-refractivity contribution in [1.82, 2.24) is 0 Å². The Balaban J connectivity index is 2.18. The third-order valence-corrected chi connectivity index (χ3v) is 5.34. The number of hydrogen-bond donors (Lipinski definition) is 0. The SMILES string of the molecule is COc1ccc2c(c1)CC(C)C(Br)=C2c1ccc(Cl)cc1. The van der Waals surface area contributed by atoms with Crippen molar-refractivity contribution in [3.05, 3.63) is 68.7 Å². The summed E-state index contributed by atoms with van der Waals surface area (Å²) in [5, 5.41) is 0.759. The van der Waals surface area contributed by atoms with Gasteiger partial charge in [0.15, 0.2) is 0 Å². The Morgan fingerprint density at radius 1 is 1.14 bits per heavy atom. The van der Waals surface area contributed by atoms with E-state index in [0.717, 1.165) is 17.2 Å². The second kappa shape index (κ2) is 5.86. The molecular weight excluding hydrogens is 348 g/mol. The van der Waals surface area contributed by atoms with Crippen molar-refractivity contribution in [2.45, 2.75) is 13.3 Å². The topological polar surface area (TPSA) is 9.23 Å². The summed E-state index contributed by atoms with van der Waals surface area (Å²) in [6.07, 6.45) is 1.02. The van der Waals surface area contributed by atoms with Crippen LogP contribution in [-0.2, 0) is 6.42 Å². The number of methoxy groups -OCH3 is 1. The highest BCUT2D eigenvalue weighted by Crippen LogP contribution is 2.42. The molecule has 0 bridgehead atoms. The third-order valence-electron chi connectivity index (χ3n) is 3.91. The normalized spacial score (nSPS) is 17.6. The average Bonchev–Trinajstić information content (AvgIpc) is 2.49. The zero-order valence-electron chi connectivity index (χ0n) is 12.0. The van der Waals surface area contributed by atoms with Crippen LogP contribution in [0.4, 0.5) is 0 Å². The maximum absolute atomic E-state index is 6.01. The predicted molar refractivity (Wildman–Crippen MR) is 92.3 cm³/mol. The van der Waals surface area contributed by atoms with Gasteiger partial charge in [-0.2, -0.15) is 0 Å². The molecule has 0 radical (unpaired) electrons. The van der Waals surface area contributed by atoms with E-state index in [1.165, 1.54) is 26.7 Å². The molecule has 0 heterocycles. The number of hydrogen-bond acceptors (Lipinski definition) is 1. The first-order chi connectivity index (χ1) is 10.1. The van der Waals surface area contributed by atoms with E-state index >= 15 is 0 Å². The van der Waals surface area contributed by atoms with Gasteiger partial charge in [-0.15, -0.1) is 0 Å². The summed E-state index contributed by atoms with van der Waals surface area (Å²) in [5.41, 5.74) is 5.03. The first kappa shape index (κ1) is 14.7. The van der Waals surface area contributed by atoms with Crippen LogP contribution in [0.2, 0.25) is 5.02 Å². The fraction of sp³-hybridized carbons (Fsp3) is 0.222. The molecule has 0 amide bonds. The van der Waals surface area contributed by atoms with Crippen molar-refractivity contribution < 1.29 is 4.74 Å². The molecule has 0 aliphatic heterocycles. The van der Waals surface area contributed by atoms with Crippen molar-refractivity contribution in [3.63, 3.8) is 0 Å². The van der Waals surface area contributed by atoms with E-state index in [0.29, 0.717) is 5.92 Å². The van der Waals surface area contributed by atoms with Gasteiger partial charge < -0.3 is 4.74 Å². The standard InChI is InChI=1S/C18H16BrClO/c1-11-9-13-10-15(21-2)7-8-16(13)17(18(11)19)12-3-5-14(20)6-4-12/h3-8,10-11H,9H2,1-2H3. The second-order valence-corrected chi connectivity index (χ2v) is 6.65. The molecule has 2 aromatic carbocycles. The first-order valence-electron chi connectivity index (χ1n) is 6.93. The molecule has 1 aliphatic carbocycles. The van der Waals surface area contributed by atoms with Crippen molar-refractivity contribution in [2.75, 3.05) is 7.11 Å². The number of rotatable bonds is 2. The molecule has 1 atom stereocenters. The van der Waals surface area contributed by atoms with Gasteiger partial charge in [0.05, 0.1) is 7.11 Å². The maximum Gasteiger partial charge on any atom is 0.119 e. The molecule has 0 saturated heterocycles. The fourth-order valence-electron chi connectivity index (χ4n) is 2.81. The van der Waals surface area contributed by atoms with Crippen molar-refractivity contribution >= 4 is 33.1 Å². The Morgan fingerprint density at radius 3 is 2.52 bits per heavy atom. The lowest BCUT2D eigenvalue weighted by Crippen LogP contribution is -2.11. The molecule has 1 unspecified atom stereocenters. The first-order valence-corrected chi connectivity index (χ1v) is 8.10. The quantitative estimate of drug-likeness (QED) is 0.665. The van der Waals surface area contributed by atoms with E-state index in [4.69, 9.17) is 16.3 Å². The lowest BCUT2D eigenvalue weighted by molar-refractivity contribution is 0.414. The van der Waals surface area contributed by atoms with Gasteiger partial charge in [0.2, 0.25) is 0 Å².